The lowest BCUT2D eigenvalue weighted by molar-refractivity contribution is 0.324. The van der Waals surface area contributed by atoms with Crippen molar-refractivity contribution < 1.29 is 22.6 Å². The van der Waals surface area contributed by atoms with E-state index in [4.69, 9.17) is 19.9 Å². The zero-order valence-electron chi connectivity index (χ0n) is 22.2. The Hall–Kier alpha value is -4.98. The Labute approximate surface area is 231 Å². The molecule has 0 aliphatic rings. The Balaban J connectivity index is 1.42. The van der Waals surface area contributed by atoms with Gasteiger partial charge in [0.25, 0.3) is 15.2 Å². The Morgan fingerprint density at radius 1 is 0.975 bits per heavy atom. The third-order valence-corrected chi connectivity index (χ3v) is 6.70. The molecule has 0 aliphatic carbocycles. The molecule has 13 nitrogen and oxygen atoms in total. The number of aliphatic imine (C=N–C) groups is 1. The van der Waals surface area contributed by atoms with Crippen molar-refractivity contribution in [3.05, 3.63) is 72.2 Å². The van der Waals surface area contributed by atoms with Gasteiger partial charge in [-0.25, -0.2) is 19.9 Å². The molecule has 40 heavy (non-hydrogen) atoms. The topological polar surface area (TPSA) is 176 Å². The number of methoxy groups -OCH3 is 3. The van der Waals surface area contributed by atoms with Crippen LogP contribution in [0.1, 0.15) is 18.1 Å². The highest BCUT2D eigenvalue weighted by Gasteiger charge is 2.17. The summed E-state index contributed by atoms with van der Waals surface area (Å²) in [5.74, 6) is 2.67. The summed E-state index contributed by atoms with van der Waals surface area (Å²) in [7, 11) is 0.763. The molecule has 14 heteroatoms. The van der Waals surface area contributed by atoms with Crippen LogP contribution in [0.5, 0.6) is 17.2 Å². The number of rotatable bonds is 10. The Bertz CT molecular complexity index is 1590. The summed E-state index contributed by atoms with van der Waals surface area (Å²) in [5, 5.41) is 2.70. The van der Waals surface area contributed by atoms with Crippen LogP contribution >= 0.6 is 0 Å². The first-order valence-electron chi connectivity index (χ1n) is 11.8. The van der Waals surface area contributed by atoms with Crippen molar-refractivity contribution in [3.63, 3.8) is 0 Å². The maximum atomic E-state index is 12.4. The van der Waals surface area contributed by atoms with Crippen LogP contribution in [0, 0.1) is 0 Å². The summed E-state index contributed by atoms with van der Waals surface area (Å²) in [4.78, 5) is 20.7. The second kappa shape index (κ2) is 12.3. The number of anilines is 3. The number of nitrogens with two attached hydrogens (primary N) is 1. The smallest absolute Gasteiger partial charge is 0.297 e. The van der Waals surface area contributed by atoms with E-state index in [9.17, 15) is 8.42 Å². The van der Waals surface area contributed by atoms with Gasteiger partial charge in [-0.1, -0.05) is 0 Å². The predicted molar refractivity (Wildman–Crippen MR) is 151 cm³/mol. The van der Waals surface area contributed by atoms with E-state index in [1.807, 2.05) is 12.1 Å². The molecule has 0 fully saturated rings. The number of nitrogens with zero attached hydrogens (tertiary/aromatic N) is 5. The van der Waals surface area contributed by atoms with Gasteiger partial charge in [0, 0.05) is 36.3 Å². The maximum Gasteiger partial charge on any atom is 0.297 e. The molecule has 4 N–H and O–H groups in total. The van der Waals surface area contributed by atoms with Gasteiger partial charge in [-0.2, -0.15) is 13.4 Å². The van der Waals surface area contributed by atoms with E-state index < -0.39 is 10.0 Å². The lowest BCUT2D eigenvalue weighted by atomic mass is 10.1. The van der Waals surface area contributed by atoms with Gasteiger partial charge in [-0.05, 0) is 55.0 Å². The van der Waals surface area contributed by atoms with Crippen LogP contribution < -0.4 is 30.0 Å². The summed E-state index contributed by atoms with van der Waals surface area (Å²) in [5.41, 5.74) is 8.74. The molecule has 0 spiro atoms. The second-order valence-corrected chi connectivity index (χ2v) is 9.90. The average molecular weight is 565 g/mol. The van der Waals surface area contributed by atoms with E-state index in [1.165, 1.54) is 18.5 Å². The third kappa shape index (κ3) is 6.71. The number of nitrogens with one attached hydrogen (secondary N) is 2. The fraction of sp³-hybridized carbons (Fsp3) is 0.192. The largest absolute Gasteiger partial charge is 0.493 e. The second-order valence-electron chi connectivity index (χ2n) is 8.32. The normalized spacial score (nSPS) is 11.6. The van der Waals surface area contributed by atoms with Crippen molar-refractivity contribution in [2.75, 3.05) is 37.1 Å². The Morgan fingerprint density at radius 3 is 2.20 bits per heavy atom. The van der Waals surface area contributed by atoms with Gasteiger partial charge in [-0.3, -0.25) is 4.72 Å². The molecule has 4 rings (SSSR count). The van der Waals surface area contributed by atoms with Crippen LogP contribution in [-0.2, 0) is 16.4 Å². The quantitative estimate of drug-likeness (QED) is 0.146. The molecular weight excluding hydrogens is 536 g/mol. The highest BCUT2D eigenvalue weighted by atomic mass is 32.2. The molecule has 0 atom stereocenters. The molecule has 0 saturated heterocycles. The summed E-state index contributed by atoms with van der Waals surface area (Å²) >= 11 is 0. The molecule has 0 bridgehead atoms. The van der Waals surface area contributed by atoms with Crippen LogP contribution in [0.25, 0.3) is 0 Å². The molecule has 2 aromatic heterocycles. The van der Waals surface area contributed by atoms with Crippen molar-refractivity contribution in [2.24, 2.45) is 4.99 Å². The molecule has 2 aromatic carbocycles. The number of aromatic nitrogens is 4. The molecular formula is C26H28N8O5S. The highest BCUT2D eigenvalue weighted by Crippen LogP contribution is 2.38. The SMILES string of the molecule is COc1cc(Cc2cnc(NC(C)=Nc3ccc(NS(=O)(=O)c4ncccn4)cc3)nc2N)cc(OC)c1OC. The molecule has 2 heterocycles. The number of hydrogen-bond donors (Lipinski definition) is 3. The summed E-state index contributed by atoms with van der Waals surface area (Å²) in [6.07, 6.45) is 4.80. The van der Waals surface area contributed by atoms with Crippen molar-refractivity contribution in [1.29, 1.82) is 0 Å². The van der Waals surface area contributed by atoms with Gasteiger partial charge >= 0.3 is 0 Å². The van der Waals surface area contributed by atoms with Crippen LogP contribution in [0.15, 0.2) is 71.2 Å². The minimum absolute atomic E-state index is 0.277. The monoisotopic (exact) mass is 564 g/mol. The molecule has 4 aromatic rings. The third-order valence-electron chi connectivity index (χ3n) is 5.51. The predicted octanol–water partition coefficient (Wildman–Crippen LogP) is 3.43. The van der Waals surface area contributed by atoms with E-state index in [0.717, 1.165) is 5.56 Å². The van der Waals surface area contributed by atoms with E-state index in [0.29, 0.717) is 52.3 Å². The molecule has 0 unspecified atom stereocenters. The van der Waals surface area contributed by atoms with Crippen LogP contribution in [0.3, 0.4) is 0 Å². The number of ether oxygens (including phenoxy) is 3. The zero-order valence-corrected chi connectivity index (χ0v) is 23.1. The minimum atomic E-state index is -3.89. The van der Waals surface area contributed by atoms with Gasteiger partial charge in [0.15, 0.2) is 11.5 Å². The Morgan fingerprint density at radius 2 is 1.62 bits per heavy atom. The number of sulfonamides is 1. The van der Waals surface area contributed by atoms with Gasteiger partial charge < -0.3 is 25.3 Å². The van der Waals surface area contributed by atoms with E-state index in [1.54, 1.807) is 58.7 Å². The van der Waals surface area contributed by atoms with Gasteiger partial charge in [0.1, 0.15) is 11.7 Å². The van der Waals surface area contributed by atoms with E-state index >= 15 is 0 Å². The van der Waals surface area contributed by atoms with Crippen LogP contribution in [0.4, 0.5) is 23.1 Å². The van der Waals surface area contributed by atoms with E-state index in [-0.39, 0.29) is 11.1 Å². The van der Waals surface area contributed by atoms with Gasteiger partial charge in [0.2, 0.25) is 11.7 Å². The number of hydrogen-bond acceptors (Lipinski definition) is 11. The first-order chi connectivity index (χ1) is 19.2. The van der Waals surface area contributed by atoms with Gasteiger partial charge in [-0.15, -0.1) is 0 Å². The van der Waals surface area contributed by atoms with Crippen molar-refractivity contribution >= 4 is 39.0 Å². The lowest BCUT2D eigenvalue weighted by Gasteiger charge is -2.14. The van der Waals surface area contributed by atoms with Crippen LogP contribution in [0.2, 0.25) is 0 Å². The number of nitrogen functional groups attached to an aromatic ring is 1. The minimum Gasteiger partial charge on any atom is -0.493 e. The standard InChI is InChI=1S/C26H28N8O5S/c1-16(31-19-6-8-20(9-7-19)34-40(35,36)26-28-10-5-11-29-26)32-25-30-15-18(24(27)33-25)12-17-13-21(37-2)23(39-4)22(14-17)38-3/h5-11,13-15,34H,12H2,1-4H3,(H3,27,30,31,32,33). The molecule has 0 radical (unpaired) electrons. The first-order valence-corrected chi connectivity index (χ1v) is 13.3. The van der Waals surface area contributed by atoms with Crippen molar-refractivity contribution in [2.45, 2.75) is 18.5 Å². The van der Waals surface area contributed by atoms with Crippen molar-refractivity contribution in [3.8, 4) is 17.2 Å². The average Bonchev–Trinajstić information content (AvgIpc) is 2.95. The molecule has 0 amide bonds. The van der Waals surface area contributed by atoms with Crippen LogP contribution in [-0.4, -0.2) is 55.5 Å². The van der Waals surface area contributed by atoms with E-state index in [2.05, 4.69) is 35.0 Å². The van der Waals surface area contributed by atoms with Crippen molar-refractivity contribution in [1.82, 2.24) is 19.9 Å². The first kappa shape index (κ1) is 28.0. The highest BCUT2D eigenvalue weighted by molar-refractivity contribution is 7.92. The number of amidine groups is 1. The molecule has 0 saturated carbocycles. The zero-order chi connectivity index (χ0) is 28.7. The maximum absolute atomic E-state index is 12.4. The fourth-order valence-corrected chi connectivity index (χ4v) is 4.62. The number of benzene rings is 2. The van der Waals surface area contributed by atoms with Gasteiger partial charge in [0.05, 0.1) is 27.0 Å². The fourth-order valence-electron chi connectivity index (χ4n) is 3.69. The Kier molecular flexibility index (Phi) is 8.59. The molecule has 0 aliphatic heterocycles. The summed E-state index contributed by atoms with van der Waals surface area (Å²) in [6, 6.07) is 11.7. The summed E-state index contributed by atoms with van der Waals surface area (Å²) in [6.45, 7) is 1.74. The summed E-state index contributed by atoms with van der Waals surface area (Å²) < 4.78 is 43.4. The molecule has 208 valence electrons. The lowest BCUT2D eigenvalue weighted by Crippen LogP contribution is -2.15.